The molecule has 3 atom stereocenters. The van der Waals surface area contributed by atoms with E-state index in [1.807, 2.05) is 17.5 Å². The standard InChI is InChI=1S/C19H21FN2O3S2/c1-27(24,25)21-13-6-7-22(10-13)19(23)16-9-15(16)18-8-12(11-26-18)14-4-2-3-5-17(14)20/h2-5,8,11,13,15-16,21H,6-7,9-10H2,1H3. The van der Waals surface area contributed by atoms with Crippen LogP contribution in [0.15, 0.2) is 35.7 Å². The molecule has 1 aromatic carbocycles. The molecule has 1 aliphatic carbocycles. The molecule has 1 saturated carbocycles. The third kappa shape index (κ3) is 4.07. The summed E-state index contributed by atoms with van der Waals surface area (Å²) in [6.45, 7) is 1.01. The quantitative estimate of drug-likeness (QED) is 0.827. The van der Waals surface area contributed by atoms with Crippen molar-refractivity contribution in [1.82, 2.24) is 9.62 Å². The summed E-state index contributed by atoms with van der Waals surface area (Å²) in [5, 5.41) is 1.94. The number of rotatable bonds is 5. The first-order valence-corrected chi connectivity index (χ1v) is 11.7. The molecule has 1 saturated heterocycles. The molecule has 0 bridgehead atoms. The molecule has 1 N–H and O–H groups in total. The number of benzene rings is 1. The number of amides is 1. The van der Waals surface area contributed by atoms with Gasteiger partial charge in [0.25, 0.3) is 0 Å². The smallest absolute Gasteiger partial charge is 0.226 e. The van der Waals surface area contributed by atoms with Gasteiger partial charge in [-0.2, -0.15) is 0 Å². The lowest BCUT2D eigenvalue weighted by Crippen LogP contribution is -2.38. The van der Waals surface area contributed by atoms with Crippen molar-refractivity contribution in [3.8, 4) is 11.1 Å². The summed E-state index contributed by atoms with van der Waals surface area (Å²) < 4.78 is 39.2. The van der Waals surface area contributed by atoms with Crippen LogP contribution in [-0.4, -0.2) is 44.6 Å². The van der Waals surface area contributed by atoms with Crippen molar-refractivity contribution < 1.29 is 17.6 Å². The van der Waals surface area contributed by atoms with Crippen LogP contribution in [0, 0.1) is 11.7 Å². The Morgan fingerprint density at radius 2 is 2.11 bits per heavy atom. The first kappa shape index (κ1) is 18.6. The van der Waals surface area contributed by atoms with E-state index < -0.39 is 10.0 Å². The largest absolute Gasteiger partial charge is 0.341 e. The van der Waals surface area contributed by atoms with Crippen molar-refractivity contribution in [2.24, 2.45) is 5.92 Å². The van der Waals surface area contributed by atoms with E-state index in [0.29, 0.717) is 25.1 Å². The topological polar surface area (TPSA) is 66.5 Å². The van der Waals surface area contributed by atoms with Gasteiger partial charge in [-0.15, -0.1) is 11.3 Å². The van der Waals surface area contributed by atoms with E-state index in [-0.39, 0.29) is 29.6 Å². The lowest BCUT2D eigenvalue weighted by atomic mass is 10.1. The molecular weight excluding hydrogens is 387 g/mol. The minimum absolute atomic E-state index is 0.0471. The van der Waals surface area contributed by atoms with Crippen LogP contribution in [0.1, 0.15) is 23.6 Å². The monoisotopic (exact) mass is 408 g/mol. The Morgan fingerprint density at radius 3 is 2.85 bits per heavy atom. The number of carbonyl (C=O) groups excluding carboxylic acids is 1. The molecule has 1 amide bonds. The fraction of sp³-hybridized carbons (Fsp3) is 0.421. The maximum Gasteiger partial charge on any atom is 0.226 e. The second-order valence-electron chi connectivity index (χ2n) is 7.33. The number of hydrogen-bond donors (Lipinski definition) is 1. The number of hydrogen-bond acceptors (Lipinski definition) is 4. The van der Waals surface area contributed by atoms with Crippen LogP contribution < -0.4 is 4.72 Å². The lowest BCUT2D eigenvalue weighted by molar-refractivity contribution is -0.131. The van der Waals surface area contributed by atoms with Gasteiger partial charge >= 0.3 is 0 Å². The van der Waals surface area contributed by atoms with E-state index in [0.717, 1.165) is 23.1 Å². The molecule has 4 rings (SSSR count). The summed E-state index contributed by atoms with van der Waals surface area (Å²) >= 11 is 1.57. The predicted octanol–water partition coefficient (Wildman–Crippen LogP) is 2.81. The highest BCUT2D eigenvalue weighted by Crippen LogP contribution is 2.51. The zero-order valence-corrected chi connectivity index (χ0v) is 16.5. The second kappa shape index (κ2) is 7.00. The average molecular weight is 409 g/mol. The van der Waals surface area contributed by atoms with Gasteiger partial charge in [-0.25, -0.2) is 17.5 Å². The van der Waals surface area contributed by atoms with Crippen LogP contribution in [-0.2, 0) is 14.8 Å². The number of carbonyl (C=O) groups is 1. The van der Waals surface area contributed by atoms with Gasteiger partial charge in [-0.05, 0) is 35.9 Å². The van der Waals surface area contributed by atoms with Gasteiger partial charge in [-0.3, -0.25) is 4.79 Å². The minimum atomic E-state index is -3.26. The highest BCUT2D eigenvalue weighted by atomic mass is 32.2. The van der Waals surface area contributed by atoms with E-state index in [9.17, 15) is 17.6 Å². The SMILES string of the molecule is CS(=O)(=O)NC1CCN(C(=O)C2CC2c2cc(-c3ccccc3F)cs2)C1. The van der Waals surface area contributed by atoms with Gasteiger partial charge in [0.2, 0.25) is 15.9 Å². The fourth-order valence-corrected chi connectivity index (χ4v) is 5.65. The molecule has 2 fully saturated rings. The van der Waals surface area contributed by atoms with Crippen LogP contribution in [0.25, 0.3) is 11.1 Å². The number of thiophene rings is 1. The lowest BCUT2D eigenvalue weighted by Gasteiger charge is -2.16. The zero-order valence-electron chi connectivity index (χ0n) is 14.9. The molecule has 27 heavy (non-hydrogen) atoms. The molecule has 1 aromatic heterocycles. The Balaban J connectivity index is 1.39. The molecule has 0 spiro atoms. The molecule has 2 aliphatic rings. The van der Waals surface area contributed by atoms with E-state index in [1.165, 1.54) is 6.07 Å². The first-order valence-electron chi connectivity index (χ1n) is 8.91. The molecular formula is C19H21FN2O3S2. The minimum Gasteiger partial charge on any atom is -0.341 e. The number of nitrogens with one attached hydrogen (secondary N) is 1. The third-order valence-corrected chi connectivity index (χ3v) is 6.98. The molecule has 0 radical (unpaired) electrons. The van der Waals surface area contributed by atoms with Gasteiger partial charge in [0.05, 0.1) is 6.26 Å². The normalized spacial score (nSPS) is 25.0. The first-order chi connectivity index (χ1) is 12.8. The molecule has 144 valence electrons. The molecule has 1 aliphatic heterocycles. The number of halogens is 1. The summed E-state index contributed by atoms with van der Waals surface area (Å²) in [4.78, 5) is 15.6. The van der Waals surface area contributed by atoms with Crippen molar-refractivity contribution in [3.63, 3.8) is 0 Å². The van der Waals surface area contributed by atoms with Crippen molar-refractivity contribution in [2.45, 2.75) is 24.8 Å². The Labute approximate surface area is 162 Å². The summed E-state index contributed by atoms with van der Waals surface area (Å²) in [5.74, 6) is -0.00977. The second-order valence-corrected chi connectivity index (χ2v) is 10.0. The molecule has 3 unspecified atom stereocenters. The maximum absolute atomic E-state index is 14.0. The Bertz CT molecular complexity index is 973. The zero-order chi connectivity index (χ0) is 19.2. The van der Waals surface area contributed by atoms with E-state index >= 15 is 0 Å². The van der Waals surface area contributed by atoms with Crippen LogP contribution in [0.2, 0.25) is 0 Å². The van der Waals surface area contributed by atoms with Crippen molar-refractivity contribution in [2.75, 3.05) is 19.3 Å². The van der Waals surface area contributed by atoms with Crippen molar-refractivity contribution >= 4 is 27.3 Å². The summed E-state index contributed by atoms with van der Waals surface area (Å²) in [5.41, 5.74) is 1.43. The Morgan fingerprint density at radius 1 is 1.33 bits per heavy atom. The van der Waals surface area contributed by atoms with Crippen LogP contribution >= 0.6 is 11.3 Å². The van der Waals surface area contributed by atoms with Gasteiger partial charge in [0.1, 0.15) is 5.82 Å². The van der Waals surface area contributed by atoms with Crippen molar-refractivity contribution in [3.05, 3.63) is 46.4 Å². The third-order valence-electron chi connectivity index (χ3n) is 5.16. The number of likely N-dealkylation sites (tertiary alicyclic amines) is 1. The molecule has 2 aromatic rings. The Hall–Kier alpha value is -1.77. The van der Waals surface area contributed by atoms with Gasteiger partial charge in [-0.1, -0.05) is 18.2 Å². The molecule has 5 nitrogen and oxygen atoms in total. The summed E-state index contributed by atoms with van der Waals surface area (Å²) in [6, 6.07) is 8.48. The Kier molecular flexibility index (Phi) is 4.82. The van der Waals surface area contributed by atoms with Gasteiger partial charge in [0.15, 0.2) is 0 Å². The van der Waals surface area contributed by atoms with E-state index in [2.05, 4.69) is 4.72 Å². The predicted molar refractivity (Wildman–Crippen MR) is 104 cm³/mol. The highest BCUT2D eigenvalue weighted by Gasteiger charge is 2.47. The van der Waals surface area contributed by atoms with Crippen molar-refractivity contribution in [1.29, 1.82) is 0 Å². The average Bonchev–Trinajstić information content (AvgIpc) is 3.01. The van der Waals surface area contributed by atoms with Crippen LogP contribution in [0.3, 0.4) is 0 Å². The molecule has 2 heterocycles. The van der Waals surface area contributed by atoms with E-state index in [4.69, 9.17) is 0 Å². The summed E-state index contributed by atoms with van der Waals surface area (Å²) in [7, 11) is -3.26. The van der Waals surface area contributed by atoms with Gasteiger partial charge < -0.3 is 4.90 Å². The number of sulfonamides is 1. The number of nitrogens with zero attached hydrogens (tertiary/aromatic N) is 1. The van der Waals surface area contributed by atoms with Gasteiger partial charge in [0, 0.05) is 41.4 Å². The van der Waals surface area contributed by atoms with E-state index in [1.54, 1.807) is 28.4 Å². The fourth-order valence-electron chi connectivity index (χ4n) is 3.76. The highest BCUT2D eigenvalue weighted by molar-refractivity contribution is 7.88. The summed E-state index contributed by atoms with van der Waals surface area (Å²) in [6.07, 6.45) is 2.59. The van der Waals surface area contributed by atoms with Crippen LogP contribution in [0.4, 0.5) is 4.39 Å². The molecule has 8 heteroatoms. The van der Waals surface area contributed by atoms with Crippen LogP contribution in [0.5, 0.6) is 0 Å². The maximum atomic E-state index is 14.0.